The van der Waals surface area contributed by atoms with E-state index in [1.165, 1.54) is 0 Å². The van der Waals surface area contributed by atoms with Crippen LogP contribution in [-0.2, 0) is 13.0 Å². The number of aromatic amines is 1. The minimum Gasteiger partial charge on any atom is -0.346 e. The standard InChI is InChI=1S/C20H17Cl2N5/c1-27(12-13-2-4-16(21)5-3-13)20-25-8-14(9-26-20)6-15-10-23-19-18(15)7-17(22)11-24-19/h2-5,7-11H,6,12H2,1H3,(H,23,24). The number of halogens is 2. The van der Waals surface area contributed by atoms with E-state index in [1.807, 2.05) is 60.9 Å². The van der Waals surface area contributed by atoms with Crippen molar-refractivity contribution in [2.24, 2.45) is 0 Å². The highest BCUT2D eigenvalue weighted by molar-refractivity contribution is 6.31. The van der Waals surface area contributed by atoms with E-state index < -0.39 is 0 Å². The van der Waals surface area contributed by atoms with E-state index in [9.17, 15) is 0 Å². The molecule has 5 nitrogen and oxygen atoms in total. The third-order valence-corrected chi connectivity index (χ3v) is 4.80. The molecule has 0 radical (unpaired) electrons. The van der Waals surface area contributed by atoms with Crippen molar-refractivity contribution in [3.05, 3.63) is 81.9 Å². The zero-order valence-corrected chi connectivity index (χ0v) is 16.2. The quantitative estimate of drug-likeness (QED) is 0.520. The second-order valence-corrected chi connectivity index (χ2v) is 7.29. The first-order valence-corrected chi connectivity index (χ1v) is 9.22. The van der Waals surface area contributed by atoms with Crippen LogP contribution in [0.4, 0.5) is 5.95 Å². The molecule has 27 heavy (non-hydrogen) atoms. The number of H-pyrrole nitrogens is 1. The molecule has 1 aromatic carbocycles. The molecule has 136 valence electrons. The topological polar surface area (TPSA) is 57.7 Å². The van der Waals surface area contributed by atoms with Crippen LogP contribution in [0, 0.1) is 0 Å². The Hall–Kier alpha value is -2.63. The zero-order chi connectivity index (χ0) is 18.8. The fraction of sp³-hybridized carbons (Fsp3) is 0.150. The minimum absolute atomic E-state index is 0.624. The van der Waals surface area contributed by atoms with E-state index >= 15 is 0 Å². The summed E-state index contributed by atoms with van der Waals surface area (Å²) < 4.78 is 0. The van der Waals surface area contributed by atoms with Gasteiger partial charge in [0, 0.05) is 55.2 Å². The van der Waals surface area contributed by atoms with Crippen molar-refractivity contribution >= 4 is 40.2 Å². The Morgan fingerprint density at radius 1 is 0.926 bits per heavy atom. The molecule has 4 rings (SSSR count). The molecule has 0 aliphatic heterocycles. The number of benzene rings is 1. The number of rotatable bonds is 5. The average Bonchev–Trinajstić information content (AvgIpc) is 3.06. The van der Waals surface area contributed by atoms with Crippen LogP contribution in [0.25, 0.3) is 11.0 Å². The lowest BCUT2D eigenvalue weighted by molar-refractivity contribution is 0.861. The van der Waals surface area contributed by atoms with Gasteiger partial charge in [0.1, 0.15) is 5.65 Å². The van der Waals surface area contributed by atoms with Gasteiger partial charge < -0.3 is 9.88 Å². The summed E-state index contributed by atoms with van der Waals surface area (Å²) >= 11 is 12.0. The van der Waals surface area contributed by atoms with Gasteiger partial charge in [-0.3, -0.25) is 0 Å². The fourth-order valence-electron chi connectivity index (χ4n) is 2.97. The van der Waals surface area contributed by atoms with E-state index in [1.54, 1.807) is 6.20 Å². The Kier molecular flexibility index (Phi) is 4.97. The lowest BCUT2D eigenvalue weighted by atomic mass is 10.1. The third kappa shape index (κ3) is 4.04. The minimum atomic E-state index is 0.624. The van der Waals surface area contributed by atoms with E-state index in [2.05, 4.69) is 19.9 Å². The molecule has 0 unspecified atom stereocenters. The molecule has 3 heterocycles. The van der Waals surface area contributed by atoms with Gasteiger partial charge in [-0.2, -0.15) is 0 Å². The predicted molar refractivity (Wildman–Crippen MR) is 110 cm³/mol. The Balaban J connectivity index is 1.48. The summed E-state index contributed by atoms with van der Waals surface area (Å²) in [6, 6.07) is 9.70. The van der Waals surface area contributed by atoms with Gasteiger partial charge in [0.2, 0.25) is 5.95 Å². The van der Waals surface area contributed by atoms with Crippen molar-refractivity contribution in [1.29, 1.82) is 0 Å². The van der Waals surface area contributed by atoms with Crippen molar-refractivity contribution in [3.63, 3.8) is 0 Å². The molecule has 3 aromatic heterocycles. The van der Waals surface area contributed by atoms with Crippen LogP contribution in [0.3, 0.4) is 0 Å². The average molecular weight is 398 g/mol. The van der Waals surface area contributed by atoms with Gasteiger partial charge in [0.25, 0.3) is 0 Å². The number of aromatic nitrogens is 4. The number of anilines is 1. The summed E-state index contributed by atoms with van der Waals surface area (Å²) in [7, 11) is 1.97. The zero-order valence-electron chi connectivity index (χ0n) is 14.7. The van der Waals surface area contributed by atoms with Gasteiger partial charge in [-0.05, 0) is 34.9 Å². The Bertz CT molecular complexity index is 1060. The molecule has 0 fully saturated rings. The maximum atomic E-state index is 6.07. The maximum Gasteiger partial charge on any atom is 0.225 e. The first-order valence-electron chi connectivity index (χ1n) is 8.46. The van der Waals surface area contributed by atoms with Crippen molar-refractivity contribution in [2.75, 3.05) is 11.9 Å². The number of hydrogen-bond donors (Lipinski definition) is 1. The van der Waals surface area contributed by atoms with E-state index in [-0.39, 0.29) is 0 Å². The molecule has 1 N–H and O–H groups in total. The second kappa shape index (κ2) is 7.55. The third-order valence-electron chi connectivity index (χ3n) is 4.34. The van der Waals surface area contributed by atoms with Crippen molar-refractivity contribution in [1.82, 2.24) is 19.9 Å². The van der Waals surface area contributed by atoms with Gasteiger partial charge in [-0.15, -0.1) is 0 Å². The Morgan fingerprint density at radius 3 is 2.41 bits per heavy atom. The molecule has 0 aliphatic rings. The smallest absolute Gasteiger partial charge is 0.225 e. The highest BCUT2D eigenvalue weighted by atomic mass is 35.5. The summed E-state index contributed by atoms with van der Waals surface area (Å²) in [5.74, 6) is 0.678. The highest BCUT2D eigenvalue weighted by Gasteiger charge is 2.09. The normalized spacial score (nSPS) is 11.1. The monoisotopic (exact) mass is 397 g/mol. The van der Waals surface area contributed by atoms with E-state index in [4.69, 9.17) is 23.2 Å². The Labute approximate surface area is 167 Å². The molecule has 0 saturated carbocycles. The number of pyridine rings is 1. The van der Waals surface area contributed by atoms with E-state index in [0.717, 1.165) is 32.7 Å². The fourth-order valence-corrected chi connectivity index (χ4v) is 3.25. The molecule has 0 bridgehead atoms. The number of hydrogen-bond acceptors (Lipinski definition) is 4. The van der Waals surface area contributed by atoms with Gasteiger partial charge in [-0.1, -0.05) is 35.3 Å². The molecular weight excluding hydrogens is 381 g/mol. The van der Waals surface area contributed by atoms with Crippen molar-refractivity contribution in [3.8, 4) is 0 Å². The van der Waals surface area contributed by atoms with Crippen LogP contribution in [0.1, 0.15) is 16.7 Å². The van der Waals surface area contributed by atoms with Crippen LogP contribution in [0.5, 0.6) is 0 Å². The van der Waals surface area contributed by atoms with Crippen molar-refractivity contribution in [2.45, 2.75) is 13.0 Å². The SMILES string of the molecule is CN(Cc1ccc(Cl)cc1)c1ncc(Cc2c[nH]c3ncc(Cl)cc23)cn1. The summed E-state index contributed by atoms with van der Waals surface area (Å²) in [6.45, 7) is 0.711. The molecule has 0 spiro atoms. The van der Waals surface area contributed by atoms with Gasteiger partial charge >= 0.3 is 0 Å². The number of fused-ring (bicyclic) bond motifs is 1. The van der Waals surface area contributed by atoms with Crippen LogP contribution in [-0.4, -0.2) is 27.0 Å². The largest absolute Gasteiger partial charge is 0.346 e. The summed E-state index contributed by atoms with van der Waals surface area (Å²) in [4.78, 5) is 18.5. The summed E-state index contributed by atoms with van der Waals surface area (Å²) in [6.07, 6.45) is 8.02. The first kappa shape index (κ1) is 17.8. The molecule has 0 saturated heterocycles. The molecule has 7 heteroatoms. The van der Waals surface area contributed by atoms with Gasteiger partial charge in [0.05, 0.1) is 5.02 Å². The summed E-state index contributed by atoms with van der Waals surface area (Å²) in [5, 5.41) is 2.38. The van der Waals surface area contributed by atoms with Crippen LogP contribution >= 0.6 is 23.2 Å². The molecule has 4 aromatic rings. The molecule has 0 atom stereocenters. The maximum absolute atomic E-state index is 6.07. The first-order chi connectivity index (χ1) is 13.1. The van der Waals surface area contributed by atoms with Crippen LogP contribution in [0.15, 0.2) is 55.1 Å². The lowest BCUT2D eigenvalue weighted by Crippen LogP contribution is -2.19. The molecular formula is C20H17Cl2N5. The molecule has 0 amide bonds. The molecule has 0 aliphatic carbocycles. The highest BCUT2D eigenvalue weighted by Crippen LogP contribution is 2.22. The van der Waals surface area contributed by atoms with E-state index in [0.29, 0.717) is 23.9 Å². The van der Waals surface area contributed by atoms with Crippen LogP contribution in [0.2, 0.25) is 10.0 Å². The second-order valence-electron chi connectivity index (χ2n) is 6.41. The number of nitrogens with one attached hydrogen (secondary N) is 1. The van der Waals surface area contributed by atoms with Gasteiger partial charge in [-0.25, -0.2) is 15.0 Å². The lowest BCUT2D eigenvalue weighted by Gasteiger charge is -2.17. The summed E-state index contributed by atoms with van der Waals surface area (Å²) in [5.41, 5.74) is 4.12. The van der Waals surface area contributed by atoms with Crippen LogP contribution < -0.4 is 4.90 Å². The van der Waals surface area contributed by atoms with Crippen molar-refractivity contribution < 1.29 is 0 Å². The van der Waals surface area contributed by atoms with Gasteiger partial charge in [0.15, 0.2) is 0 Å². The number of nitrogens with zero attached hydrogens (tertiary/aromatic N) is 4. The Morgan fingerprint density at radius 2 is 1.67 bits per heavy atom. The predicted octanol–water partition coefficient (Wildman–Crippen LogP) is 4.89.